The minimum absolute atomic E-state index is 0.0287. The maximum absolute atomic E-state index is 12.6. The van der Waals surface area contributed by atoms with Crippen LogP contribution in [0.1, 0.15) is 29.2 Å². The van der Waals surface area contributed by atoms with Gasteiger partial charge in [-0.25, -0.2) is 16.3 Å². The van der Waals surface area contributed by atoms with E-state index in [1.54, 1.807) is 6.21 Å². The van der Waals surface area contributed by atoms with E-state index in [0.29, 0.717) is 13.0 Å². The van der Waals surface area contributed by atoms with E-state index in [-0.39, 0.29) is 18.0 Å². The molecule has 3 N–H and O–H groups in total. The number of hydrogen-bond donors (Lipinski definition) is 3. The number of hydrogen-bond acceptors (Lipinski definition) is 5. The normalized spacial score (nSPS) is 17.8. The van der Waals surface area contributed by atoms with E-state index in [9.17, 15) is 4.79 Å². The van der Waals surface area contributed by atoms with Crippen molar-refractivity contribution in [3.63, 3.8) is 0 Å². The van der Waals surface area contributed by atoms with E-state index < -0.39 is 0 Å². The zero-order chi connectivity index (χ0) is 23.2. The molecule has 0 aromatic heterocycles. The summed E-state index contributed by atoms with van der Waals surface area (Å²) in [5.74, 6) is 0.643. The summed E-state index contributed by atoms with van der Waals surface area (Å²) in [5, 5.41) is 6.42. The second-order valence-corrected chi connectivity index (χ2v) is 8.28. The molecular formula is C28H26N4O2. The van der Waals surface area contributed by atoms with Crippen molar-refractivity contribution in [2.45, 2.75) is 25.1 Å². The van der Waals surface area contributed by atoms with Crippen LogP contribution >= 0.6 is 0 Å². The number of benzene rings is 4. The number of carbonyl (C=O) groups excluding carboxylic acids is 1. The SMILES string of the molecule is O=C(N/N=C/c1cccc2ccccc12)C1CC(c2ccc(OCc3ccccc3)cc2)NN1. The highest BCUT2D eigenvalue weighted by molar-refractivity contribution is 6.00. The van der Waals surface area contributed by atoms with Crippen LogP contribution in [0.25, 0.3) is 10.8 Å². The molecule has 1 fully saturated rings. The van der Waals surface area contributed by atoms with Crippen molar-refractivity contribution in [2.24, 2.45) is 5.10 Å². The van der Waals surface area contributed by atoms with Crippen molar-refractivity contribution in [1.29, 1.82) is 0 Å². The van der Waals surface area contributed by atoms with Gasteiger partial charge in [-0.3, -0.25) is 4.79 Å². The van der Waals surface area contributed by atoms with Gasteiger partial charge in [0.25, 0.3) is 5.91 Å². The molecule has 34 heavy (non-hydrogen) atoms. The second-order valence-electron chi connectivity index (χ2n) is 8.28. The number of ether oxygens (including phenoxy) is 1. The first-order valence-electron chi connectivity index (χ1n) is 11.3. The first kappa shape index (κ1) is 21.8. The van der Waals surface area contributed by atoms with Gasteiger partial charge in [-0.15, -0.1) is 0 Å². The van der Waals surface area contributed by atoms with E-state index in [1.807, 2.05) is 84.9 Å². The van der Waals surface area contributed by atoms with Crippen LogP contribution in [0.5, 0.6) is 5.75 Å². The summed E-state index contributed by atoms with van der Waals surface area (Å²) in [5.41, 5.74) is 12.1. The Balaban J connectivity index is 1.14. The van der Waals surface area contributed by atoms with Crippen molar-refractivity contribution < 1.29 is 9.53 Å². The monoisotopic (exact) mass is 450 g/mol. The molecule has 6 heteroatoms. The first-order valence-corrected chi connectivity index (χ1v) is 11.3. The number of hydrazine groups is 1. The highest BCUT2D eigenvalue weighted by atomic mass is 16.5. The number of fused-ring (bicyclic) bond motifs is 1. The lowest BCUT2D eigenvalue weighted by atomic mass is 10.0. The Labute approximate surface area is 198 Å². The van der Waals surface area contributed by atoms with Crippen LogP contribution in [0.3, 0.4) is 0 Å². The molecule has 2 unspecified atom stereocenters. The molecule has 4 aromatic rings. The average molecular weight is 451 g/mol. The molecule has 0 bridgehead atoms. The predicted molar refractivity (Wildman–Crippen MR) is 134 cm³/mol. The Bertz CT molecular complexity index is 1280. The fourth-order valence-electron chi connectivity index (χ4n) is 4.09. The maximum Gasteiger partial charge on any atom is 0.258 e. The van der Waals surface area contributed by atoms with Gasteiger partial charge in [0.1, 0.15) is 18.4 Å². The van der Waals surface area contributed by atoms with Gasteiger partial charge in [-0.2, -0.15) is 5.10 Å². The maximum atomic E-state index is 12.6. The minimum atomic E-state index is -0.372. The fraction of sp³-hybridized carbons (Fsp3) is 0.143. The van der Waals surface area contributed by atoms with Crippen LogP contribution in [0, 0.1) is 0 Å². The van der Waals surface area contributed by atoms with E-state index in [1.165, 1.54) is 0 Å². The molecule has 0 spiro atoms. The summed E-state index contributed by atoms with van der Waals surface area (Å²) >= 11 is 0. The van der Waals surface area contributed by atoms with E-state index >= 15 is 0 Å². The first-order chi connectivity index (χ1) is 16.8. The third-order valence-electron chi connectivity index (χ3n) is 5.95. The molecule has 0 saturated carbocycles. The Morgan fingerprint density at radius 3 is 2.53 bits per heavy atom. The number of hydrazone groups is 1. The predicted octanol–water partition coefficient (Wildman–Crippen LogP) is 4.48. The number of rotatable bonds is 7. The molecule has 5 rings (SSSR count). The van der Waals surface area contributed by atoms with Crippen LogP contribution < -0.4 is 21.0 Å². The minimum Gasteiger partial charge on any atom is -0.489 e. The molecule has 6 nitrogen and oxygen atoms in total. The van der Waals surface area contributed by atoms with Crippen molar-refractivity contribution >= 4 is 22.9 Å². The van der Waals surface area contributed by atoms with Crippen LogP contribution in [-0.4, -0.2) is 18.2 Å². The van der Waals surface area contributed by atoms with Crippen LogP contribution in [0.4, 0.5) is 0 Å². The molecule has 0 aliphatic carbocycles. The van der Waals surface area contributed by atoms with Crippen LogP contribution in [0.2, 0.25) is 0 Å². The van der Waals surface area contributed by atoms with Crippen molar-refractivity contribution in [2.75, 3.05) is 0 Å². The lowest BCUT2D eigenvalue weighted by Gasteiger charge is -2.11. The largest absolute Gasteiger partial charge is 0.489 e. The van der Waals surface area contributed by atoms with Gasteiger partial charge >= 0.3 is 0 Å². The standard InChI is InChI=1S/C28H26N4O2/c33-28(32-29-18-23-11-6-10-21-9-4-5-12-25(21)23)27-17-26(30-31-27)22-13-15-24(16-14-22)34-19-20-7-2-1-3-8-20/h1-16,18,26-27,30-31H,17,19H2,(H,32,33)/b29-18+. The zero-order valence-electron chi connectivity index (χ0n) is 18.6. The Hall–Kier alpha value is -4.00. The van der Waals surface area contributed by atoms with E-state index in [4.69, 9.17) is 4.74 Å². The van der Waals surface area contributed by atoms with Crippen LogP contribution in [0.15, 0.2) is 102 Å². The Morgan fingerprint density at radius 2 is 1.68 bits per heavy atom. The van der Waals surface area contributed by atoms with Gasteiger partial charge in [0, 0.05) is 11.6 Å². The second kappa shape index (κ2) is 10.3. The third-order valence-corrected chi connectivity index (χ3v) is 5.95. The summed E-state index contributed by atoms with van der Waals surface area (Å²) in [7, 11) is 0. The molecule has 1 amide bonds. The number of carbonyl (C=O) groups is 1. The van der Waals surface area contributed by atoms with E-state index in [2.05, 4.69) is 33.5 Å². The quantitative estimate of drug-likeness (QED) is 0.287. The molecule has 170 valence electrons. The Morgan fingerprint density at radius 1 is 0.912 bits per heavy atom. The average Bonchev–Trinajstić information content (AvgIpc) is 3.39. The highest BCUT2D eigenvalue weighted by Gasteiger charge is 2.30. The number of nitrogens with one attached hydrogen (secondary N) is 3. The Kier molecular flexibility index (Phi) is 6.61. The summed E-state index contributed by atoms with van der Waals surface area (Å²) in [6, 6.07) is 31.8. The van der Waals surface area contributed by atoms with Gasteiger partial charge < -0.3 is 4.74 Å². The van der Waals surface area contributed by atoms with Gasteiger partial charge in [0.2, 0.25) is 0 Å². The summed E-state index contributed by atoms with van der Waals surface area (Å²) in [4.78, 5) is 12.6. The van der Waals surface area contributed by atoms with Gasteiger partial charge in [0.05, 0.1) is 6.21 Å². The summed E-state index contributed by atoms with van der Waals surface area (Å²) in [6.45, 7) is 0.533. The lowest BCUT2D eigenvalue weighted by molar-refractivity contribution is -0.122. The fourth-order valence-corrected chi connectivity index (χ4v) is 4.09. The molecule has 1 aliphatic heterocycles. The third kappa shape index (κ3) is 5.14. The lowest BCUT2D eigenvalue weighted by Crippen LogP contribution is -2.41. The van der Waals surface area contributed by atoms with Gasteiger partial charge in [-0.05, 0) is 40.5 Å². The molecule has 1 aliphatic rings. The summed E-state index contributed by atoms with van der Waals surface area (Å²) in [6.07, 6.45) is 2.31. The molecule has 4 aromatic carbocycles. The van der Waals surface area contributed by atoms with Crippen molar-refractivity contribution in [1.82, 2.24) is 16.3 Å². The van der Waals surface area contributed by atoms with Crippen molar-refractivity contribution in [3.05, 3.63) is 114 Å². The smallest absolute Gasteiger partial charge is 0.258 e. The molecule has 1 heterocycles. The number of amides is 1. The van der Waals surface area contributed by atoms with Crippen molar-refractivity contribution in [3.8, 4) is 5.75 Å². The molecule has 2 atom stereocenters. The molecular weight excluding hydrogens is 424 g/mol. The van der Waals surface area contributed by atoms with Gasteiger partial charge in [-0.1, -0.05) is 84.9 Å². The van der Waals surface area contributed by atoms with E-state index in [0.717, 1.165) is 33.2 Å². The molecule has 0 radical (unpaired) electrons. The number of nitrogens with zero attached hydrogens (tertiary/aromatic N) is 1. The zero-order valence-corrected chi connectivity index (χ0v) is 18.6. The molecule has 1 saturated heterocycles. The highest BCUT2D eigenvalue weighted by Crippen LogP contribution is 2.25. The van der Waals surface area contributed by atoms with Gasteiger partial charge in [0.15, 0.2) is 0 Å². The topological polar surface area (TPSA) is 74.8 Å². The summed E-state index contributed by atoms with van der Waals surface area (Å²) < 4.78 is 5.86. The van der Waals surface area contributed by atoms with Crippen LogP contribution in [-0.2, 0) is 11.4 Å².